The van der Waals surface area contributed by atoms with Crippen LogP contribution >= 0.6 is 0 Å². The lowest BCUT2D eigenvalue weighted by Gasteiger charge is -2.29. The van der Waals surface area contributed by atoms with Crippen LogP contribution in [0.15, 0.2) is 42.7 Å². The third-order valence-corrected chi connectivity index (χ3v) is 6.82. The van der Waals surface area contributed by atoms with E-state index in [1.54, 1.807) is 0 Å². The number of rotatable bonds is 5. The van der Waals surface area contributed by atoms with Crippen molar-refractivity contribution >= 4 is 28.4 Å². The lowest BCUT2D eigenvalue weighted by atomic mass is 10.0. The highest BCUT2D eigenvalue weighted by molar-refractivity contribution is 5.86. The fourth-order valence-corrected chi connectivity index (χ4v) is 5.30. The molecule has 2 atom stereocenters. The van der Waals surface area contributed by atoms with Gasteiger partial charge in [-0.25, -0.2) is 19.3 Å². The van der Waals surface area contributed by atoms with Gasteiger partial charge in [0.15, 0.2) is 5.82 Å². The first-order chi connectivity index (χ1) is 16.5. The van der Waals surface area contributed by atoms with Crippen LogP contribution in [0.4, 0.5) is 21.8 Å². The second-order valence-electron chi connectivity index (χ2n) is 9.46. The molecule has 2 bridgehead atoms. The SMILES string of the molecule is CC(C)c1c2cc(-c3nc(Nc4ccc(N5CC6CC5CN6)cn4)ncc3F)ccc2nn1C. The highest BCUT2D eigenvalue weighted by atomic mass is 19.1. The van der Waals surface area contributed by atoms with Crippen molar-refractivity contribution in [1.29, 1.82) is 0 Å². The molecule has 8 nitrogen and oxygen atoms in total. The van der Waals surface area contributed by atoms with Gasteiger partial charge in [-0.1, -0.05) is 19.9 Å². The van der Waals surface area contributed by atoms with Crippen LogP contribution in [0.5, 0.6) is 0 Å². The molecule has 5 heterocycles. The Bertz CT molecular complexity index is 1360. The molecule has 2 aliphatic heterocycles. The van der Waals surface area contributed by atoms with Crippen molar-refractivity contribution in [3.8, 4) is 11.3 Å². The lowest BCUT2D eigenvalue weighted by Crippen LogP contribution is -2.43. The third-order valence-electron chi connectivity index (χ3n) is 6.82. The number of hydrogen-bond acceptors (Lipinski definition) is 7. The number of piperazine rings is 1. The Hall–Kier alpha value is -3.59. The number of pyridine rings is 1. The first kappa shape index (κ1) is 21.0. The molecule has 4 aromatic rings. The normalized spacial score (nSPS) is 19.5. The van der Waals surface area contributed by atoms with Crippen LogP contribution in [0.25, 0.3) is 22.2 Å². The van der Waals surface area contributed by atoms with Gasteiger partial charge < -0.3 is 15.5 Å². The lowest BCUT2D eigenvalue weighted by molar-refractivity contribution is 0.580. The van der Waals surface area contributed by atoms with Crippen LogP contribution in [0, 0.1) is 5.82 Å². The van der Waals surface area contributed by atoms with Gasteiger partial charge in [0, 0.05) is 48.9 Å². The molecule has 0 aliphatic carbocycles. The van der Waals surface area contributed by atoms with Gasteiger partial charge in [0.2, 0.25) is 5.95 Å². The number of halogens is 1. The van der Waals surface area contributed by atoms with Crippen LogP contribution in [-0.4, -0.2) is 49.9 Å². The summed E-state index contributed by atoms with van der Waals surface area (Å²) in [5.74, 6) is 0.740. The fourth-order valence-electron chi connectivity index (χ4n) is 5.30. The molecular weight excluding hydrogens is 431 g/mol. The Labute approximate surface area is 197 Å². The highest BCUT2D eigenvalue weighted by Crippen LogP contribution is 2.31. The van der Waals surface area contributed by atoms with Gasteiger partial charge in [-0.3, -0.25) is 4.68 Å². The van der Waals surface area contributed by atoms with Crippen molar-refractivity contribution < 1.29 is 4.39 Å². The summed E-state index contributed by atoms with van der Waals surface area (Å²) < 4.78 is 16.6. The van der Waals surface area contributed by atoms with Gasteiger partial charge >= 0.3 is 0 Å². The van der Waals surface area contributed by atoms with E-state index in [1.165, 1.54) is 12.6 Å². The summed E-state index contributed by atoms with van der Waals surface area (Å²) in [6.07, 6.45) is 4.26. The second kappa shape index (κ2) is 8.02. The van der Waals surface area contributed by atoms with Crippen molar-refractivity contribution in [2.24, 2.45) is 7.05 Å². The molecule has 0 saturated carbocycles. The number of aromatic nitrogens is 5. The minimum absolute atomic E-state index is 0.246. The molecule has 0 amide bonds. The molecule has 2 N–H and O–H groups in total. The Morgan fingerprint density at radius 3 is 2.74 bits per heavy atom. The van der Waals surface area contributed by atoms with Crippen molar-refractivity contribution in [2.75, 3.05) is 23.3 Å². The number of nitrogens with one attached hydrogen (secondary N) is 2. The van der Waals surface area contributed by atoms with Gasteiger partial charge in [-0.15, -0.1) is 0 Å². The molecule has 2 fully saturated rings. The minimum atomic E-state index is -0.471. The molecule has 1 aromatic carbocycles. The zero-order valence-electron chi connectivity index (χ0n) is 19.5. The molecule has 2 unspecified atom stereocenters. The third kappa shape index (κ3) is 3.56. The van der Waals surface area contributed by atoms with E-state index >= 15 is 0 Å². The van der Waals surface area contributed by atoms with Crippen molar-refractivity contribution in [3.63, 3.8) is 0 Å². The van der Waals surface area contributed by atoms with E-state index in [2.05, 4.69) is 55.5 Å². The topological polar surface area (TPSA) is 83.8 Å². The summed E-state index contributed by atoms with van der Waals surface area (Å²) in [7, 11) is 1.94. The molecule has 3 aromatic heterocycles. The van der Waals surface area contributed by atoms with E-state index in [4.69, 9.17) is 0 Å². The molecule has 6 rings (SSSR count). The summed E-state index contributed by atoms with van der Waals surface area (Å²) in [5.41, 5.74) is 4.04. The molecular formula is C25H27FN8. The standard InChI is InChI=1S/C25H27FN8/c1-14(2)24-19-8-15(4-6-21(19)32-33(24)3)23-20(26)12-29-25(31-23)30-22-7-5-17(10-28-22)34-13-16-9-18(34)11-27-16/h4-8,10,12,14,16,18,27H,9,11,13H2,1-3H3,(H,28,29,30,31). The van der Waals surface area contributed by atoms with Crippen LogP contribution in [0.3, 0.4) is 0 Å². The zero-order chi connectivity index (χ0) is 23.4. The fraction of sp³-hybridized carbons (Fsp3) is 0.360. The van der Waals surface area contributed by atoms with Crippen molar-refractivity contribution in [3.05, 3.63) is 54.2 Å². The smallest absolute Gasteiger partial charge is 0.229 e. The molecule has 0 spiro atoms. The largest absolute Gasteiger partial charge is 0.364 e. The Balaban J connectivity index is 1.27. The van der Waals surface area contributed by atoms with Crippen LogP contribution < -0.4 is 15.5 Å². The van der Waals surface area contributed by atoms with Gasteiger partial charge in [0.05, 0.1) is 23.6 Å². The predicted molar refractivity (Wildman–Crippen MR) is 131 cm³/mol. The molecule has 0 radical (unpaired) electrons. The molecule has 2 saturated heterocycles. The zero-order valence-corrected chi connectivity index (χ0v) is 19.5. The number of anilines is 3. The van der Waals surface area contributed by atoms with E-state index in [0.29, 0.717) is 35.3 Å². The maximum absolute atomic E-state index is 14.8. The summed E-state index contributed by atoms with van der Waals surface area (Å²) in [6, 6.07) is 10.8. The van der Waals surface area contributed by atoms with Gasteiger partial charge in [0.25, 0.3) is 0 Å². The monoisotopic (exact) mass is 458 g/mol. The molecule has 174 valence electrons. The summed E-state index contributed by atoms with van der Waals surface area (Å²) in [6.45, 7) is 6.30. The van der Waals surface area contributed by atoms with Crippen LogP contribution in [0.1, 0.15) is 31.9 Å². The number of fused-ring (bicyclic) bond motifs is 3. The molecule has 9 heteroatoms. The van der Waals surface area contributed by atoms with Crippen molar-refractivity contribution in [1.82, 2.24) is 30.0 Å². The number of nitrogens with zero attached hydrogens (tertiary/aromatic N) is 6. The summed E-state index contributed by atoms with van der Waals surface area (Å²) in [4.78, 5) is 15.6. The second-order valence-corrected chi connectivity index (χ2v) is 9.46. The van der Waals surface area contributed by atoms with Crippen molar-refractivity contribution in [2.45, 2.75) is 38.3 Å². The summed E-state index contributed by atoms with van der Waals surface area (Å²) >= 11 is 0. The Morgan fingerprint density at radius 2 is 2.03 bits per heavy atom. The minimum Gasteiger partial charge on any atom is -0.364 e. The van der Waals surface area contributed by atoms with E-state index in [0.717, 1.165) is 35.4 Å². The highest BCUT2D eigenvalue weighted by Gasteiger charge is 2.37. The molecule has 2 aliphatic rings. The Morgan fingerprint density at radius 1 is 1.15 bits per heavy atom. The van der Waals surface area contributed by atoms with E-state index in [1.807, 2.05) is 42.2 Å². The molecule has 34 heavy (non-hydrogen) atoms. The first-order valence-electron chi connectivity index (χ1n) is 11.7. The van der Waals surface area contributed by atoms with E-state index in [-0.39, 0.29) is 5.69 Å². The summed E-state index contributed by atoms with van der Waals surface area (Å²) in [5, 5.41) is 12.2. The predicted octanol–water partition coefficient (Wildman–Crippen LogP) is 3.98. The maximum atomic E-state index is 14.8. The first-order valence-corrected chi connectivity index (χ1v) is 11.7. The van der Waals surface area contributed by atoms with Gasteiger partial charge in [-0.05, 0) is 36.6 Å². The van der Waals surface area contributed by atoms with E-state index in [9.17, 15) is 4.39 Å². The average Bonchev–Trinajstić information content (AvgIpc) is 3.54. The van der Waals surface area contributed by atoms with Crippen LogP contribution in [-0.2, 0) is 7.05 Å². The van der Waals surface area contributed by atoms with Gasteiger partial charge in [0.1, 0.15) is 11.5 Å². The van der Waals surface area contributed by atoms with Crippen LogP contribution in [0.2, 0.25) is 0 Å². The number of benzene rings is 1. The maximum Gasteiger partial charge on any atom is 0.229 e. The number of hydrogen-bond donors (Lipinski definition) is 2. The van der Waals surface area contributed by atoms with Gasteiger partial charge in [-0.2, -0.15) is 5.10 Å². The average molecular weight is 459 g/mol. The Kier molecular flexibility index (Phi) is 4.95. The quantitative estimate of drug-likeness (QED) is 0.468. The number of aryl methyl sites for hydroxylation is 1. The van der Waals surface area contributed by atoms with E-state index < -0.39 is 5.82 Å².